The van der Waals surface area contributed by atoms with Crippen molar-refractivity contribution in [1.82, 2.24) is 14.8 Å². The van der Waals surface area contributed by atoms with Crippen LogP contribution < -0.4 is 5.32 Å². The van der Waals surface area contributed by atoms with E-state index in [1.54, 1.807) is 0 Å². The molecule has 5 nitrogen and oxygen atoms in total. The third-order valence-corrected chi connectivity index (χ3v) is 5.04. The SMILES string of the molecule is Cc1cccc(C(=O)Nc2ccc(-c3nnc4n3CCCCCC4)cc2)c1. The minimum absolute atomic E-state index is 0.0981. The van der Waals surface area contributed by atoms with Crippen LogP contribution in [-0.4, -0.2) is 20.7 Å². The summed E-state index contributed by atoms with van der Waals surface area (Å²) in [7, 11) is 0. The number of anilines is 1. The molecule has 27 heavy (non-hydrogen) atoms. The van der Waals surface area contributed by atoms with E-state index in [2.05, 4.69) is 20.1 Å². The van der Waals surface area contributed by atoms with Gasteiger partial charge in [-0.2, -0.15) is 0 Å². The van der Waals surface area contributed by atoms with Crippen molar-refractivity contribution in [1.29, 1.82) is 0 Å². The van der Waals surface area contributed by atoms with Crippen LogP contribution in [0.15, 0.2) is 48.5 Å². The molecule has 0 bridgehead atoms. The first-order valence-corrected chi connectivity index (χ1v) is 9.61. The lowest BCUT2D eigenvalue weighted by Crippen LogP contribution is -2.12. The van der Waals surface area contributed by atoms with Crippen LogP contribution in [-0.2, 0) is 13.0 Å². The molecule has 0 unspecified atom stereocenters. The molecular weight excluding hydrogens is 336 g/mol. The molecule has 4 rings (SSSR count). The normalized spacial score (nSPS) is 14.1. The molecule has 3 aromatic rings. The number of nitrogens with zero attached hydrogens (tertiary/aromatic N) is 3. The molecule has 2 heterocycles. The number of amides is 1. The van der Waals surface area contributed by atoms with Gasteiger partial charge >= 0.3 is 0 Å². The highest BCUT2D eigenvalue weighted by molar-refractivity contribution is 6.04. The van der Waals surface area contributed by atoms with E-state index in [9.17, 15) is 4.79 Å². The van der Waals surface area contributed by atoms with E-state index >= 15 is 0 Å². The second kappa shape index (κ2) is 7.74. The van der Waals surface area contributed by atoms with Crippen molar-refractivity contribution in [3.8, 4) is 11.4 Å². The van der Waals surface area contributed by atoms with Crippen molar-refractivity contribution < 1.29 is 4.79 Å². The lowest BCUT2D eigenvalue weighted by Gasteiger charge is -2.13. The molecule has 0 saturated carbocycles. The van der Waals surface area contributed by atoms with Gasteiger partial charge in [-0.3, -0.25) is 4.79 Å². The largest absolute Gasteiger partial charge is 0.322 e. The zero-order chi connectivity index (χ0) is 18.6. The molecule has 0 fully saturated rings. The van der Waals surface area contributed by atoms with Crippen LogP contribution in [0.1, 0.15) is 47.4 Å². The van der Waals surface area contributed by atoms with Crippen molar-refractivity contribution in [2.75, 3.05) is 5.32 Å². The standard InChI is InChI=1S/C22H24N4O/c1-16-7-6-8-18(15-16)22(27)23-19-12-10-17(11-13-19)21-25-24-20-9-4-2-3-5-14-26(20)21/h6-8,10-13,15H,2-5,9,14H2,1H3,(H,23,27). The zero-order valence-corrected chi connectivity index (χ0v) is 15.6. The van der Waals surface area contributed by atoms with Gasteiger partial charge in [0.15, 0.2) is 5.82 Å². The van der Waals surface area contributed by atoms with Crippen molar-refractivity contribution in [2.45, 2.75) is 45.6 Å². The Kier molecular flexibility index (Phi) is 5.01. The van der Waals surface area contributed by atoms with Crippen LogP contribution in [0.3, 0.4) is 0 Å². The number of hydrogen-bond donors (Lipinski definition) is 1. The molecule has 1 aliphatic heterocycles. The van der Waals surface area contributed by atoms with Gasteiger partial charge in [-0.25, -0.2) is 0 Å². The average molecular weight is 360 g/mol. The monoisotopic (exact) mass is 360 g/mol. The Bertz CT molecular complexity index is 943. The number of aryl methyl sites for hydroxylation is 2. The second-order valence-electron chi connectivity index (χ2n) is 7.16. The van der Waals surface area contributed by atoms with E-state index in [-0.39, 0.29) is 5.91 Å². The second-order valence-corrected chi connectivity index (χ2v) is 7.16. The first-order valence-electron chi connectivity index (χ1n) is 9.61. The van der Waals surface area contributed by atoms with Crippen LogP contribution >= 0.6 is 0 Å². The first kappa shape index (κ1) is 17.5. The highest BCUT2D eigenvalue weighted by Gasteiger charge is 2.15. The lowest BCUT2D eigenvalue weighted by molar-refractivity contribution is 0.102. The first-order chi connectivity index (χ1) is 13.2. The summed E-state index contributed by atoms with van der Waals surface area (Å²) in [6.07, 6.45) is 5.89. The lowest BCUT2D eigenvalue weighted by atomic mass is 10.1. The van der Waals surface area contributed by atoms with E-state index in [0.717, 1.165) is 41.4 Å². The van der Waals surface area contributed by atoms with Crippen LogP contribution in [0.5, 0.6) is 0 Å². The molecule has 0 spiro atoms. The number of hydrogen-bond acceptors (Lipinski definition) is 3. The van der Waals surface area contributed by atoms with Gasteiger partial charge < -0.3 is 9.88 Å². The van der Waals surface area contributed by atoms with Gasteiger partial charge in [0.1, 0.15) is 5.82 Å². The Labute approximate surface area is 159 Å². The average Bonchev–Trinajstić information content (AvgIpc) is 3.04. The van der Waals surface area contributed by atoms with Crippen LogP contribution in [0.2, 0.25) is 0 Å². The topological polar surface area (TPSA) is 59.8 Å². The fourth-order valence-electron chi connectivity index (χ4n) is 3.57. The fraction of sp³-hybridized carbons (Fsp3) is 0.318. The van der Waals surface area contributed by atoms with Crippen molar-refractivity contribution >= 4 is 11.6 Å². The predicted octanol–water partition coefficient (Wildman–Crippen LogP) is 4.62. The van der Waals surface area contributed by atoms with E-state index in [4.69, 9.17) is 0 Å². The molecule has 0 saturated heterocycles. The Morgan fingerprint density at radius 1 is 1.00 bits per heavy atom. The van der Waals surface area contributed by atoms with E-state index in [1.165, 1.54) is 25.7 Å². The van der Waals surface area contributed by atoms with Crippen molar-refractivity contribution in [2.24, 2.45) is 0 Å². The maximum absolute atomic E-state index is 12.4. The van der Waals surface area contributed by atoms with Gasteiger partial charge in [0.25, 0.3) is 5.91 Å². The van der Waals surface area contributed by atoms with Crippen molar-refractivity contribution in [3.05, 3.63) is 65.5 Å². The number of nitrogens with one attached hydrogen (secondary N) is 1. The van der Waals surface area contributed by atoms with Crippen LogP contribution in [0.25, 0.3) is 11.4 Å². The molecule has 1 aliphatic rings. The predicted molar refractivity (Wildman–Crippen MR) is 107 cm³/mol. The number of rotatable bonds is 3. The summed E-state index contributed by atoms with van der Waals surface area (Å²) >= 11 is 0. The molecule has 1 aromatic heterocycles. The summed E-state index contributed by atoms with van der Waals surface area (Å²) < 4.78 is 2.25. The quantitative estimate of drug-likeness (QED) is 0.741. The maximum atomic E-state index is 12.4. The number of fused-ring (bicyclic) bond motifs is 1. The van der Waals surface area contributed by atoms with Gasteiger partial charge in [-0.05, 0) is 56.2 Å². The number of benzene rings is 2. The maximum Gasteiger partial charge on any atom is 0.255 e. The van der Waals surface area contributed by atoms with E-state index in [1.807, 2.05) is 55.5 Å². The van der Waals surface area contributed by atoms with Crippen molar-refractivity contribution in [3.63, 3.8) is 0 Å². The zero-order valence-electron chi connectivity index (χ0n) is 15.6. The Morgan fingerprint density at radius 2 is 1.81 bits per heavy atom. The molecule has 138 valence electrons. The number of carbonyl (C=O) groups excluding carboxylic acids is 1. The summed E-state index contributed by atoms with van der Waals surface area (Å²) in [6.45, 7) is 2.96. The van der Waals surface area contributed by atoms with E-state index in [0.29, 0.717) is 5.56 Å². The third kappa shape index (κ3) is 3.92. The van der Waals surface area contributed by atoms with E-state index < -0.39 is 0 Å². The van der Waals surface area contributed by atoms with Gasteiger partial charge in [-0.1, -0.05) is 30.5 Å². The highest BCUT2D eigenvalue weighted by Crippen LogP contribution is 2.24. The summed E-state index contributed by atoms with van der Waals surface area (Å²) in [5.74, 6) is 1.91. The number of carbonyl (C=O) groups is 1. The smallest absolute Gasteiger partial charge is 0.255 e. The van der Waals surface area contributed by atoms with Crippen LogP contribution in [0, 0.1) is 6.92 Å². The molecule has 1 N–H and O–H groups in total. The number of aromatic nitrogens is 3. The molecule has 2 aromatic carbocycles. The third-order valence-electron chi connectivity index (χ3n) is 5.04. The molecule has 5 heteroatoms. The molecule has 0 atom stereocenters. The van der Waals surface area contributed by atoms with Gasteiger partial charge in [0.2, 0.25) is 0 Å². The molecule has 0 radical (unpaired) electrons. The van der Waals surface area contributed by atoms with Gasteiger partial charge in [0.05, 0.1) is 0 Å². The Balaban J connectivity index is 1.52. The summed E-state index contributed by atoms with van der Waals surface area (Å²) in [5.41, 5.74) is 3.54. The van der Waals surface area contributed by atoms with Gasteiger partial charge in [0, 0.05) is 29.8 Å². The summed E-state index contributed by atoms with van der Waals surface area (Å²) in [5, 5.41) is 11.8. The Hall–Kier alpha value is -2.95. The molecule has 1 amide bonds. The fourth-order valence-corrected chi connectivity index (χ4v) is 3.57. The molecule has 0 aliphatic carbocycles. The summed E-state index contributed by atoms with van der Waals surface area (Å²) in [4.78, 5) is 12.4. The van der Waals surface area contributed by atoms with Crippen LogP contribution in [0.4, 0.5) is 5.69 Å². The van der Waals surface area contributed by atoms with Gasteiger partial charge in [-0.15, -0.1) is 10.2 Å². The Morgan fingerprint density at radius 3 is 2.63 bits per heavy atom. The minimum Gasteiger partial charge on any atom is -0.322 e. The highest BCUT2D eigenvalue weighted by atomic mass is 16.1. The minimum atomic E-state index is -0.0981. The summed E-state index contributed by atoms with van der Waals surface area (Å²) in [6, 6.07) is 15.4. The molecular formula is C22H24N4O.